The number of hydrogen-bond donors (Lipinski definition) is 1. The Morgan fingerprint density at radius 1 is 1.27 bits per heavy atom. The topological polar surface area (TPSA) is 47.9 Å². The van der Waals surface area contributed by atoms with Crippen LogP contribution in [0.4, 0.5) is 0 Å². The van der Waals surface area contributed by atoms with Crippen LogP contribution < -0.4 is 0 Å². The van der Waals surface area contributed by atoms with E-state index in [-0.39, 0.29) is 4.83 Å². The Kier molecular flexibility index (Phi) is 3.27. The van der Waals surface area contributed by atoms with Crippen LogP contribution in [0.15, 0.2) is 0 Å². The summed E-state index contributed by atoms with van der Waals surface area (Å²) in [6.45, 7) is 0. The van der Waals surface area contributed by atoms with Gasteiger partial charge >= 0.3 is 0 Å². The Balaban J connectivity index is 2.53. The summed E-state index contributed by atoms with van der Waals surface area (Å²) in [5.74, 6) is 0. The lowest BCUT2D eigenvalue weighted by molar-refractivity contribution is -0.198. The van der Waals surface area contributed by atoms with Crippen molar-refractivity contribution in [3.63, 3.8) is 0 Å². The van der Waals surface area contributed by atoms with Crippen LogP contribution in [0.25, 0.3) is 0 Å². The number of aliphatic hydroxyl groups excluding tert-OH is 1. The average Bonchev–Trinajstić information content (AvgIpc) is 2.30. The van der Waals surface area contributed by atoms with Crippen molar-refractivity contribution in [3.05, 3.63) is 0 Å². The summed E-state index contributed by atoms with van der Waals surface area (Å²) in [6, 6.07) is 0. The van der Waals surface area contributed by atoms with E-state index in [2.05, 4.69) is 15.9 Å². The second-order valence-corrected chi connectivity index (χ2v) is 3.34. The van der Waals surface area contributed by atoms with Gasteiger partial charge in [-0.15, -0.1) is 0 Å². The number of rotatable bonds is 2. The molecule has 1 N–H and O–H groups in total. The van der Waals surface area contributed by atoms with E-state index in [1.807, 2.05) is 0 Å². The van der Waals surface area contributed by atoms with Gasteiger partial charge in [0.05, 0.1) is 4.83 Å². The summed E-state index contributed by atoms with van der Waals surface area (Å²) in [5, 5.41) is 9.38. The summed E-state index contributed by atoms with van der Waals surface area (Å²) in [4.78, 5) is -0.225. The summed E-state index contributed by atoms with van der Waals surface area (Å²) in [7, 11) is 3.00. The summed E-state index contributed by atoms with van der Waals surface area (Å²) in [6.07, 6.45) is -1.70. The van der Waals surface area contributed by atoms with E-state index >= 15 is 0 Å². The van der Waals surface area contributed by atoms with Gasteiger partial charge in [-0.3, -0.25) is 0 Å². The molecule has 4 unspecified atom stereocenters. The van der Waals surface area contributed by atoms with Gasteiger partial charge in [0.15, 0.2) is 12.6 Å². The van der Waals surface area contributed by atoms with Crippen molar-refractivity contribution < 1.29 is 19.3 Å². The van der Waals surface area contributed by atoms with Crippen LogP contribution in [-0.4, -0.2) is 42.8 Å². The molecule has 0 radical (unpaired) electrons. The zero-order valence-electron chi connectivity index (χ0n) is 6.36. The molecule has 1 rings (SSSR count). The molecule has 5 heteroatoms. The van der Waals surface area contributed by atoms with Crippen molar-refractivity contribution in [1.82, 2.24) is 0 Å². The minimum Gasteiger partial charge on any atom is -0.386 e. The molecule has 0 saturated carbocycles. The Morgan fingerprint density at radius 2 is 1.82 bits per heavy atom. The second-order valence-electron chi connectivity index (χ2n) is 2.28. The minimum absolute atomic E-state index is 0.225. The zero-order valence-corrected chi connectivity index (χ0v) is 7.95. The largest absolute Gasteiger partial charge is 0.386 e. The van der Waals surface area contributed by atoms with Crippen molar-refractivity contribution in [2.45, 2.75) is 23.5 Å². The highest BCUT2D eigenvalue weighted by molar-refractivity contribution is 9.09. The molecule has 1 aliphatic heterocycles. The van der Waals surface area contributed by atoms with Gasteiger partial charge in [0.25, 0.3) is 0 Å². The summed E-state index contributed by atoms with van der Waals surface area (Å²) in [5.41, 5.74) is 0. The van der Waals surface area contributed by atoms with Crippen LogP contribution in [0.2, 0.25) is 0 Å². The second kappa shape index (κ2) is 3.82. The lowest BCUT2D eigenvalue weighted by Crippen LogP contribution is -2.29. The monoisotopic (exact) mass is 226 g/mol. The average molecular weight is 227 g/mol. The molecule has 0 aromatic rings. The Morgan fingerprint density at radius 3 is 2.09 bits per heavy atom. The zero-order chi connectivity index (χ0) is 8.43. The van der Waals surface area contributed by atoms with E-state index in [4.69, 9.17) is 14.2 Å². The van der Waals surface area contributed by atoms with E-state index in [1.54, 1.807) is 0 Å². The summed E-state index contributed by atoms with van der Waals surface area (Å²) < 4.78 is 14.9. The minimum atomic E-state index is -0.676. The van der Waals surface area contributed by atoms with E-state index in [0.29, 0.717) is 0 Å². The fourth-order valence-corrected chi connectivity index (χ4v) is 1.57. The first-order valence-electron chi connectivity index (χ1n) is 3.24. The maximum Gasteiger partial charge on any atom is 0.187 e. The smallest absolute Gasteiger partial charge is 0.187 e. The Labute approximate surface area is 73.6 Å². The van der Waals surface area contributed by atoms with Crippen LogP contribution >= 0.6 is 15.9 Å². The lowest BCUT2D eigenvalue weighted by Gasteiger charge is -2.10. The molecule has 4 nitrogen and oxygen atoms in total. The normalized spacial score (nSPS) is 44.7. The third-order valence-electron chi connectivity index (χ3n) is 1.60. The first-order valence-corrected chi connectivity index (χ1v) is 4.15. The van der Waals surface area contributed by atoms with Crippen molar-refractivity contribution >= 4 is 15.9 Å². The molecule has 0 aliphatic carbocycles. The van der Waals surface area contributed by atoms with Crippen LogP contribution in [0, 0.1) is 0 Å². The molecule has 66 valence electrons. The van der Waals surface area contributed by atoms with Gasteiger partial charge in [-0.05, 0) is 0 Å². The van der Waals surface area contributed by atoms with Gasteiger partial charge in [-0.1, -0.05) is 15.9 Å². The SMILES string of the molecule is COC1OC(OC)C(Br)C1O. The number of methoxy groups -OCH3 is 2. The molecule has 1 heterocycles. The predicted molar refractivity (Wildman–Crippen MR) is 41.4 cm³/mol. The fourth-order valence-electron chi connectivity index (χ4n) is 0.979. The molecule has 11 heavy (non-hydrogen) atoms. The van der Waals surface area contributed by atoms with Crippen LogP contribution in [-0.2, 0) is 14.2 Å². The quantitative estimate of drug-likeness (QED) is 0.679. The van der Waals surface area contributed by atoms with E-state index in [0.717, 1.165) is 0 Å². The Bertz CT molecular complexity index is 114. The van der Waals surface area contributed by atoms with Crippen molar-refractivity contribution in [2.75, 3.05) is 14.2 Å². The highest BCUT2D eigenvalue weighted by atomic mass is 79.9. The van der Waals surface area contributed by atoms with E-state index in [1.165, 1.54) is 14.2 Å². The van der Waals surface area contributed by atoms with Gasteiger partial charge in [-0.25, -0.2) is 0 Å². The van der Waals surface area contributed by atoms with Gasteiger partial charge in [0.1, 0.15) is 6.10 Å². The van der Waals surface area contributed by atoms with Crippen LogP contribution in [0.3, 0.4) is 0 Å². The Hall–Kier alpha value is 0.320. The van der Waals surface area contributed by atoms with Gasteiger partial charge in [-0.2, -0.15) is 0 Å². The summed E-state index contributed by atoms with van der Waals surface area (Å²) >= 11 is 3.23. The number of halogens is 1. The molecule has 4 atom stereocenters. The van der Waals surface area contributed by atoms with Gasteiger partial charge < -0.3 is 19.3 Å². The number of alkyl halides is 1. The van der Waals surface area contributed by atoms with E-state index < -0.39 is 18.7 Å². The molecule has 1 aliphatic rings. The molecule has 0 aromatic carbocycles. The number of hydrogen-bond acceptors (Lipinski definition) is 4. The highest BCUT2D eigenvalue weighted by Gasteiger charge is 2.42. The molecule has 0 spiro atoms. The molecular weight excluding hydrogens is 216 g/mol. The standard InChI is InChI=1S/C6H11BrO4/c1-9-5-3(7)4(8)6(10-2)11-5/h3-6,8H,1-2H3. The molecule has 1 fully saturated rings. The molecule has 0 amide bonds. The molecular formula is C6H11BrO4. The predicted octanol–water partition coefficient (Wildman–Crippen LogP) is 0.0860. The number of aliphatic hydroxyl groups is 1. The molecule has 0 bridgehead atoms. The molecule has 0 aromatic heterocycles. The first kappa shape index (κ1) is 9.41. The number of ether oxygens (including phenoxy) is 3. The van der Waals surface area contributed by atoms with Gasteiger partial charge in [0, 0.05) is 14.2 Å². The van der Waals surface area contributed by atoms with Crippen LogP contribution in [0.5, 0.6) is 0 Å². The third-order valence-corrected chi connectivity index (χ3v) is 2.57. The maximum absolute atomic E-state index is 9.38. The third kappa shape index (κ3) is 1.73. The van der Waals surface area contributed by atoms with E-state index in [9.17, 15) is 5.11 Å². The molecule has 1 saturated heterocycles. The lowest BCUT2D eigenvalue weighted by atomic mass is 10.3. The van der Waals surface area contributed by atoms with Crippen molar-refractivity contribution in [3.8, 4) is 0 Å². The highest BCUT2D eigenvalue weighted by Crippen LogP contribution is 2.27. The van der Waals surface area contributed by atoms with Crippen molar-refractivity contribution in [1.29, 1.82) is 0 Å². The maximum atomic E-state index is 9.38. The van der Waals surface area contributed by atoms with Crippen molar-refractivity contribution in [2.24, 2.45) is 0 Å². The first-order chi connectivity index (χ1) is 5.20. The van der Waals surface area contributed by atoms with Gasteiger partial charge in [0.2, 0.25) is 0 Å². The fraction of sp³-hybridized carbons (Fsp3) is 1.00. The van der Waals surface area contributed by atoms with Crippen LogP contribution in [0.1, 0.15) is 0 Å².